The van der Waals surface area contributed by atoms with Gasteiger partial charge in [0.15, 0.2) is 0 Å². The minimum atomic E-state index is 0.208. The fraction of sp³-hybridized carbons (Fsp3) is 0.550. The standard InChI is InChI=1S/C20H29Cl2NO3/c1-5-8-17-14-18(24-12-9-19(21)22)13-16(6-2)20(17)25-10-7-11-26-23-15(3)4/h9,13-14H,5-8,10-12H2,1-4H3. The summed E-state index contributed by atoms with van der Waals surface area (Å²) in [5, 5.41) is 3.92. The van der Waals surface area contributed by atoms with Crippen LogP contribution in [0.25, 0.3) is 0 Å². The molecule has 0 bridgehead atoms. The summed E-state index contributed by atoms with van der Waals surface area (Å²) in [6.45, 7) is 9.54. The van der Waals surface area contributed by atoms with Crippen molar-refractivity contribution in [3.8, 4) is 11.5 Å². The summed E-state index contributed by atoms with van der Waals surface area (Å²) < 4.78 is 12.0. The molecule has 0 saturated heterocycles. The Balaban J connectivity index is 2.78. The molecule has 0 amide bonds. The van der Waals surface area contributed by atoms with Crippen LogP contribution in [-0.4, -0.2) is 25.5 Å². The average molecular weight is 402 g/mol. The Morgan fingerprint density at radius 2 is 1.81 bits per heavy atom. The van der Waals surface area contributed by atoms with Gasteiger partial charge in [-0.2, -0.15) is 0 Å². The first-order valence-corrected chi connectivity index (χ1v) is 9.79. The molecule has 26 heavy (non-hydrogen) atoms. The predicted octanol–water partition coefficient (Wildman–Crippen LogP) is 6.08. The first kappa shape index (κ1) is 22.7. The van der Waals surface area contributed by atoms with Gasteiger partial charge in [-0.15, -0.1) is 0 Å². The minimum absolute atomic E-state index is 0.208. The van der Waals surface area contributed by atoms with Crippen molar-refractivity contribution >= 4 is 28.9 Å². The summed E-state index contributed by atoms with van der Waals surface area (Å²) in [6, 6.07) is 4.06. The van der Waals surface area contributed by atoms with E-state index in [0.29, 0.717) is 19.8 Å². The molecule has 0 atom stereocenters. The maximum absolute atomic E-state index is 6.08. The largest absolute Gasteiger partial charge is 0.493 e. The number of ether oxygens (including phenoxy) is 2. The van der Waals surface area contributed by atoms with Crippen LogP contribution in [-0.2, 0) is 17.7 Å². The first-order valence-electron chi connectivity index (χ1n) is 9.03. The van der Waals surface area contributed by atoms with E-state index < -0.39 is 0 Å². The summed E-state index contributed by atoms with van der Waals surface area (Å²) in [5.74, 6) is 1.77. The van der Waals surface area contributed by atoms with Crippen LogP contribution in [0, 0.1) is 0 Å². The number of aryl methyl sites for hydroxylation is 2. The van der Waals surface area contributed by atoms with Crippen molar-refractivity contribution in [1.29, 1.82) is 0 Å². The highest BCUT2D eigenvalue weighted by molar-refractivity contribution is 6.55. The Labute approximate surface area is 167 Å². The van der Waals surface area contributed by atoms with Crippen LogP contribution in [0.2, 0.25) is 0 Å². The Hall–Kier alpha value is -1.39. The second-order valence-electron chi connectivity index (χ2n) is 6.05. The van der Waals surface area contributed by atoms with Crippen LogP contribution in [0.3, 0.4) is 0 Å². The highest BCUT2D eigenvalue weighted by Crippen LogP contribution is 2.31. The quantitative estimate of drug-likeness (QED) is 0.242. The molecular weight excluding hydrogens is 373 g/mol. The maximum atomic E-state index is 6.08. The highest BCUT2D eigenvalue weighted by Gasteiger charge is 2.12. The number of nitrogens with zero attached hydrogens (tertiary/aromatic N) is 1. The van der Waals surface area contributed by atoms with Crippen molar-refractivity contribution in [2.24, 2.45) is 5.16 Å². The molecule has 0 N–H and O–H groups in total. The van der Waals surface area contributed by atoms with Gasteiger partial charge in [0.1, 0.15) is 29.2 Å². The molecule has 0 unspecified atom stereocenters. The zero-order valence-corrected chi connectivity index (χ0v) is 17.6. The molecule has 0 aliphatic heterocycles. The molecule has 0 radical (unpaired) electrons. The average Bonchev–Trinajstić information content (AvgIpc) is 2.58. The lowest BCUT2D eigenvalue weighted by molar-refractivity contribution is 0.127. The number of oxime groups is 1. The number of halogens is 2. The molecule has 146 valence electrons. The van der Waals surface area contributed by atoms with Gasteiger partial charge in [0.2, 0.25) is 0 Å². The molecule has 0 spiro atoms. The van der Waals surface area contributed by atoms with Crippen LogP contribution in [0.15, 0.2) is 27.9 Å². The van der Waals surface area contributed by atoms with Crippen molar-refractivity contribution < 1.29 is 14.3 Å². The molecule has 0 fully saturated rings. The fourth-order valence-corrected chi connectivity index (χ4v) is 2.51. The monoisotopic (exact) mass is 401 g/mol. The van der Waals surface area contributed by atoms with Crippen molar-refractivity contribution in [3.63, 3.8) is 0 Å². The lowest BCUT2D eigenvalue weighted by Crippen LogP contribution is -2.07. The molecule has 1 aromatic rings. The second-order valence-corrected chi connectivity index (χ2v) is 7.06. The van der Waals surface area contributed by atoms with E-state index in [-0.39, 0.29) is 4.49 Å². The zero-order valence-electron chi connectivity index (χ0n) is 16.1. The normalized spacial score (nSPS) is 10.2. The van der Waals surface area contributed by atoms with Crippen molar-refractivity contribution in [3.05, 3.63) is 33.8 Å². The lowest BCUT2D eigenvalue weighted by Gasteiger charge is -2.17. The van der Waals surface area contributed by atoms with Gasteiger partial charge in [-0.1, -0.05) is 48.6 Å². The molecule has 0 saturated carbocycles. The van der Waals surface area contributed by atoms with Crippen LogP contribution in [0.1, 0.15) is 51.7 Å². The van der Waals surface area contributed by atoms with E-state index in [0.717, 1.165) is 54.0 Å². The van der Waals surface area contributed by atoms with E-state index in [4.69, 9.17) is 37.5 Å². The molecule has 0 aliphatic carbocycles. The third-order valence-electron chi connectivity index (χ3n) is 3.48. The smallest absolute Gasteiger partial charge is 0.125 e. The van der Waals surface area contributed by atoms with E-state index in [2.05, 4.69) is 19.0 Å². The van der Waals surface area contributed by atoms with Crippen LogP contribution in [0.4, 0.5) is 0 Å². The second kappa shape index (κ2) is 12.9. The highest BCUT2D eigenvalue weighted by atomic mass is 35.5. The fourth-order valence-electron chi connectivity index (χ4n) is 2.38. The summed E-state index contributed by atoms with van der Waals surface area (Å²) in [5.41, 5.74) is 3.20. The molecular formula is C20H29Cl2NO3. The Kier molecular flexibility index (Phi) is 11.2. The summed E-state index contributed by atoms with van der Waals surface area (Å²) in [6.07, 6.45) is 5.23. The summed E-state index contributed by atoms with van der Waals surface area (Å²) in [4.78, 5) is 5.21. The third kappa shape index (κ3) is 8.81. The van der Waals surface area contributed by atoms with Gasteiger partial charge in [-0.05, 0) is 56.0 Å². The minimum Gasteiger partial charge on any atom is -0.493 e. The van der Waals surface area contributed by atoms with E-state index in [1.807, 2.05) is 26.0 Å². The molecule has 6 heteroatoms. The maximum Gasteiger partial charge on any atom is 0.125 e. The van der Waals surface area contributed by atoms with Gasteiger partial charge >= 0.3 is 0 Å². The van der Waals surface area contributed by atoms with Crippen molar-refractivity contribution in [2.45, 2.75) is 53.4 Å². The number of benzene rings is 1. The Morgan fingerprint density at radius 3 is 2.42 bits per heavy atom. The lowest BCUT2D eigenvalue weighted by atomic mass is 10.0. The van der Waals surface area contributed by atoms with Gasteiger partial charge < -0.3 is 14.3 Å². The molecule has 4 nitrogen and oxygen atoms in total. The van der Waals surface area contributed by atoms with E-state index in [1.54, 1.807) is 6.08 Å². The van der Waals surface area contributed by atoms with Crippen molar-refractivity contribution in [1.82, 2.24) is 0 Å². The van der Waals surface area contributed by atoms with E-state index >= 15 is 0 Å². The van der Waals surface area contributed by atoms with Crippen LogP contribution < -0.4 is 9.47 Å². The van der Waals surface area contributed by atoms with E-state index in [9.17, 15) is 0 Å². The Bertz CT molecular complexity index is 607. The molecule has 0 heterocycles. The molecule has 1 rings (SSSR count). The number of rotatable bonds is 12. The summed E-state index contributed by atoms with van der Waals surface area (Å²) >= 11 is 11.3. The van der Waals surface area contributed by atoms with E-state index in [1.165, 1.54) is 0 Å². The number of hydrogen-bond donors (Lipinski definition) is 0. The van der Waals surface area contributed by atoms with Crippen LogP contribution in [0.5, 0.6) is 11.5 Å². The molecule has 0 aromatic heterocycles. The number of hydrogen-bond acceptors (Lipinski definition) is 4. The summed E-state index contributed by atoms with van der Waals surface area (Å²) in [7, 11) is 0. The van der Waals surface area contributed by atoms with Gasteiger partial charge in [0, 0.05) is 6.42 Å². The van der Waals surface area contributed by atoms with Gasteiger partial charge in [-0.3, -0.25) is 0 Å². The Morgan fingerprint density at radius 1 is 1.08 bits per heavy atom. The molecule has 1 aromatic carbocycles. The van der Waals surface area contributed by atoms with Crippen molar-refractivity contribution in [2.75, 3.05) is 19.8 Å². The third-order valence-corrected chi connectivity index (χ3v) is 3.79. The zero-order chi connectivity index (χ0) is 19.4. The van der Waals surface area contributed by atoms with Gasteiger partial charge in [0.05, 0.1) is 12.3 Å². The topological polar surface area (TPSA) is 40.0 Å². The SMILES string of the molecule is CCCc1cc(OCC=C(Cl)Cl)cc(CC)c1OCCCON=C(C)C. The predicted molar refractivity (Wildman–Crippen MR) is 110 cm³/mol. The van der Waals surface area contributed by atoms with Gasteiger partial charge in [-0.25, -0.2) is 0 Å². The van der Waals surface area contributed by atoms with Gasteiger partial charge in [0.25, 0.3) is 0 Å². The first-order chi connectivity index (χ1) is 12.5. The molecule has 0 aliphatic rings. The van der Waals surface area contributed by atoms with Crippen LogP contribution >= 0.6 is 23.2 Å².